The number of halogens is 2. The van der Waals surface area contributed by atoms with E-state index in [0.29, 0.717) is 11.4 Å². The molecule has 0 aliphatic heterocycles. The highest BCUT2D eigenvalue weighted by Crippen LogP contribution is 2.32. The van der Waals surface area contributed by atoms with Gasteiger partial charge in [-0.15, -0.1) is 0 Å². The Hall–Kier alpha value is -3.20. The van der Waals surface area contributed by atoms with E-state index in [1.807, 2.05) is 0 Å². The molecule has 3 aromatic rings. The van der Waals surface area contributed by atoms with Crippen LogP contribution in [-0.2, 0) is 11.3 Å². The second-order valence-electron chi connectivity index (χ2n) is 6.55. The van der Waals surface area contributed by atoms with Crippen LogP contribution in [0.2, 0.25) is 0 Å². The van der Waals surface area contributed by atoms with Gasteiger partial charge in [-0.05, 0) is 41.4 Å². The summed E-state index contributed by atoms with van der Waals surface area (Å²) in [4.78, 5) is 29.4. The first-order chi connectivity index (χ1) is 13.8. The highest BCUT2D eigenvalue weighted by molar-refractivity contribution is 7.09. The molecular formula is C20H18F2N4O2S. The first kappa shape index (κ1) is 20.5. The molecule has 2 aromatic heterocycles. The molecule has 2 heterocycles. The third kappa shape index (κ3) is 5.00. The Morgan fingerprint density at radius 1 is 1.14 bits per heavy atom. The fourth-order valence-corrected chi connectivity index (χ4v) is 3.24. The van der Waals surface area contributed by atoms with Crippen LogP contribution in [0.1, 0.15) is 29.1 Å². The summed E-state index contributed by atoms with van der Waals surface area (Å²) in [7, 11) is 0. The van der Waals surface area contributed by atoms with Gasteiger partial charge in [0.2, 0.25) is 5.91 Å². The number of pyridine rings is 1. The number of benzene rings is 1. The van der Waals surface area contributed by atoms with Crippen LogP contribution in [0.25, 0.3) is 11.4 Å². The van der Waals surface area contributed by atoms with Crippen LogP contribution in [0.15, 0.2) is 42.6 Å². The van der Waals surface area contributed by atoms with E-state index in [-0.39, 0.29) is 34.5 Å². The van der Waals surface area contributed by atoms with Crippen LogP contribution in [0.5, 0.6) is 0 Å². The average molecular weight is 416 g/mol. The molecule has 0 saturated heterocycles. The molecular weight excluding hydrogens is 398 g/mol. The Balaban J connectivity index is 1.88. The Bertz CT molecular complexity index is 1020. The summed E-state index contributed by atoms with van der Waals surface area (Å²) in [5, 5.41) is 5.35. The molecule has 0 spiro atoms. The quantitative estimate of drug-likeness (QED) is 0.636. The predicted molar refractivity (Wildman–Crippen MR) is 106 cm³/mol. The molecule has 0 unspecified atom stereocenters. The summed E-state index contributed by atoms with van der Waals surface area (Å²) >= 11 is 0.909. The fourth-order valence-electron chi connectivity index (χ4n) is 2.48. The van der Waals surface area contributed by atoms with Crippen LogP contribution in [0, 0.1) is 17.6 Å². The summed E-state index contributed by atoms with van der Waals surface area (Å²) in [6.07, 6.45) is 1.58. The van der Waals surface area contributed by atoms with Crippen molar-refractivity contribution in [2.75, 3.05) is 5.32 Å². The van der Waals surface area contributed by atoms with E-state index in [0.717, 1.165) is 29.7 Å². The van der Waals surface area contributed by atoms with E-state index in [4.69, 9.17) is 0 Å². The number of hydrogen-bond donors (Lipinski definition) is 2. The molecule has 2 N–H and O–H groups in total. The smallest absolute Gasteiger partial charge is 0.265 e. The van der Waals surface area contributed by atoms with Crippen LogP contribution >= 0.6 is 11.5 Å². The zero-order chi connectivity index (χ0) is 21.0. The van der Waals surface area contributed by atoms with Crippen molar-refractivity contribution >= 4 is 29.0 Å². The Morgan fingerprint density at radius 2 is 1.86 bits per heavy atom. The fraction of sp³-hybridized carbons (Fsp3) is 0.200. The van der Waals surface area contributed by atoms with E-state index in [2.05, 4.69) is 20.0 Å². The van der Waals surface area contributed by atoms with Gasteiger partial charge in [0, 0.05) is 24.7 Å². The van der Waals surface area contributed by atoms with Crippen molar-refractivity contribution in [1.29, 1.82) is 0 Å². The lowest BCUT2D eigenvalue weighted by atomic mass is 10.1. The molecule has 0 bridgehead atoms. The monoisotopic (exact) mass is 416 g/mol. The third-order valence-corrected chi connectivity index (χ3v) is 4.80. The highest BCUT2D eigenvalue weighted by atomic mass is 32.1. The Morgan fingerprint density at radius 3 is 2.48 bits per heavy atom. The zero-order valence-electron chi connectivity index (χ0n) is 15.7. The molecule has 0 saturated carbocycles. The minimum atomic E-state index is -0.727. The lowest BCUT2D eigenvalue weighted by Crippen LogP contribution is -2.25. The second-order valence-corrected chi connectivity index (χ2v) is 7.33. The van der Waals surface area contributed by atoms with Crippen molar-refractivity contribution in [3.8, 4) is 11.4 Å². The summed E-state index contributed by atoms with van der Waals surface area (Å²) in [5.41, 5.74) is 1.43. The lowest BCUT2D eigenvalue weighted by molar-refractivity contribution is -0.118. The number of anilines is 1. The van der Waals surface area contributed by atoms with Crippen molar-refractivity contribution < 1.29 is 18.4 Å². The topological polar surface area (TPSA) is 84.0 Å². The number of rotatable bonds is 6. The average Bonchev–Trinajstić information content (AvgIpc) is 3.09. The molecule has 0 aliphatic carbocycles. The van der Waals surface area contributed by atoms with Crippen LogP contribution in [0.4, 0.5) is 14.5 Å². The van der Waals surface area contributed by atoms with E-state index >= 15 is 0 Å². The normalized spacial score (nSPS) is 10.8. The maximum absolute atomic E-state index is 13.3. The van der Waals surface area contributed by atoms with Crippen molar-refractivity contribution in [3.63, 3.8) is 0 Å². The molecule has 3 rings (SSSR count). The lowest BCUT2D eigenvalue weighted by Gasteiger charge is -2.11. The molecule has 150 valence electrons. The number of aromatic nitrogens is 2. The molecule has 1 aromatic carbocycles. The maximum atomic E-state index is 13.3. The van der Waals surface area contributed by atoms with Crippen molar-refractivity contribution in [3.05, 3.63) is 64.7 Å². The number of nitrogens with one attached hydrogen (secondary N) is 2. The van der Waals surface area contributed by atoms with E-state index in [1.54, 1.807) is 38.2 Å². The number of amides is 2. The SMILES string of the molecule is CC(C)C(=O)Nc1c(-c2ccccn2)nsc1C(=O)NCc1cc(F)cc(F)c1. The number of carbonyl (C=O) groups is 2. The van der Waals surface area contributed by atoms with E-state index in [9.17, 15) is 18.4 Å². The minimum absolute atomic E-state index is 0.0814. The molecule has 9 heteroatoms. The second kappa shape index (κ2) is 8.87. The molecule has 2 amide bonds. The van der Waals surface area contributed by atoms with E-state index in [1.165, 1.54) is 0 Å². The first-order valence-corrected chi connectivity index (χ1v) is 9.57. The summed E-state index contributed by atoms with van der Waals surface area (Å²) in [6, 6.07) is 8.26. The van der Waals surface area contributed by atoms with Gasteiger partial charge in [0.15, 0.2) is 0 Å². The van der Waals surface area contributed by atoms with Crippen LogP contribution in [0.3, 0.4) is 0 Å². The van der Waals surface area contributed by atoms with Gasteiger partial charge in [-0.1, -0.05) is 19.9 Å². The van der Waals surface area contributed by atoms with Crippen LogP contribution in [-0.4, -0.2) is 21.2 Å². The van der Waals surface area contributed by atoms with E-state index < -0.39 is 17.5 Å². The number of hydrogen-bond acceptors (Lipinski definition) is 5. The molecule has 29 heavy (non-hydrogen) atoms. The van der Waals surface area contributed by atoms with Gasteiger partial charge in [0.1, 0.15) is 22.2 Å². The minimum Gasteiger partial charge on any atom is -0.347 e. The summed E-state index contributed by atoms with van der Waals surface area (Å²) in [5.74, 6) is -2.56. The van der Waals surface area contributed by atoms with Gasteiger partial charge in [-0.25, -0.2) is 8.78 Å². The summed E-state index contributed by atoms with van der Waals surface area (Å²) in [6.45, 7) is 3.38. The van der Waals surface area contributed by atoms with Gasteiger partial charge >= 0.3 is 0 Å². The Kier molecular flexibility index (Phi) is 6.28. The van der Waals surface area contributed by atoms with Gasteiger partial charge in [-0.3, -0.25) is 14.6 Å². The molecule has 0 atom stereocenters. The van der Waals surface area contributed by atoms with Crippen LogP contribution < -0.4 is 10.6 Å². The summed E-state index contributed by atoms with van der Waals surface area (Å²) < 4.78 is 31.0. The number of nitrogens with zero attached hydrogens (tertiary/aromatic N) is 2. The molecule has 0 radical (unpaired) electrons. The van der Waals surface area contributed by atoms with Gasteiger partial charge in [0.05, 0.1) is 11.4 Å². The predicted octanol–water partition coefficient (Wildman–Crippen LogP) is 4.01. The highest BCUT2D eigenvalue weighted by Gasteiger charge is 2.24. The maximum Gasteiger partial charge on any atom is 0.265 e. The molecule has 0 fully saturated rings. The Labute approximate surface area is 170 Å². The third-order valence-electron chi connectivity index (χ3n) is 3.95. The number of carbonyl (C=O) groups excluding carboxylic acids is 2. The van der Waals surface area contributed by atoms with Gasteiger partial charge < -0.3 is 10.6 Å². The molecule has 0 aliphatic rings. The van der Waals surface area contributed by atoms with Gasteiger partial charge in [-0.2, -0.15) is 4.37 Å². The zero-order valence-corrected chi connectivity index (χ0v) is 16.5. The van der Waals surface area contributed by atoms with Crippen molar-refractivity contribution in [1.82, 2.24) is 14.7 Å². The van der Waals surface area contributed by atoms with Gasteiger partial charge in [0.25, 0.3) is 5.91 Å². The van der Waals surface area contributed by atoms with Crippen molar-refractivity contribution in [2.24, 2.45) is 5.92 Å². The molecule has 6 nitrogen and oxygen atoms in total. The van der Waals surface area contributed by atoms with Crippen molar-refractivity contribution in [2.45, 2.75) is 20.4 Å². The first-order valence-electron chi connectivity index (χ1n) is 8.80. The largest absolute Gasteiger partial charge is 0.347 e. The standard InChI is InChI=1S/C20H18F2N4O2S/c1-11(2)19(27)25-17-16(15-5-3-4-6-23-15)26-29-18(17)20(28)24-10-12-7-13(21)9-14(22)8-12/h3-9,11H,10H2,1-2H3,(H,24,28)(H,25,27).